The Kier molecular flexibility index (Phi) is 3.94. The quantitative estimate of drug-likeness (QED) is 0.475. The molecular formula is C13H10FNO2S. The lowest BCUT2D eigenvalue weighted by molar-refractivity contribution is -0.390. The number of nitro benzene ring substituents is 1. The Morgan fingerprint density at radius 2 is 1.83 bits per heavy atom. The summed E-state index contributed by atoms with van der Waals surface area (Å²) in [5, 5.41) is 10.8. The fourth-order valence-electron chi connectivity index (χ4n) is 1.52. The van der Waals surface area contributed by atoms with E-state index in [9.17, 15) is 14.5 Å². The lowest BCUT2D eigenvalue weighted by Gasteiger charge is -2.03. The van der Waals surface area contributed by atoms with Crippen LogP contribution in [0.15, 0.2) is 53.4 Å². The largest absolute Gasteiger partial charge is 0.318 e. The zero-order chi connectivity index (χ0) is 13.0. The molecule has 0 amide bonds. The third kappa shape index (κ3) is 2.87. The maximum Gasteiger partial charge on any atom is 0.318 e. The van der Waals surface area contributed by atoms with E-state index in [2.05, 4.69) is 0 Å². The van der Waals surface area contributed by atoms with Crippen molar-refractivity contribution in [3.8, 4) is 0 Å². The molecule has 0 spiro atoms. The van der Waals surface area contributed by atoms with Crippen molar-refractivity contribution in [1.82, 2.24) is 0 Å². The summed E-state index contributed by atoms with van der Waals surface area (Å²) >= 11 is 1.26. The molecule has 2 aromatic rings. The molecule has 3 nitrogen and oxygen atoms in total. The molecule has 0 N–H and O–H groups in total. The zero-order valence-electron chi connectivity index (χ0n) is 9.38. The lowest BCUT2D eigenvalue weighted by Crippen LogP contribution is -1.95. The van der Waals surface area contributed by atoms with Crippen molar-refractivity contribution in [3.05, 3.63) is 70.0 Å². The van der Waals surface area contributed by atoms with Crippen LogP contribution < -0.4 is 0 Å². The highest BCUT2D eigenvalue weighted by atomic mass is 32.2. The molecule has 0 aliphatic heterocycles. The van der Waals surface area contributed by atoms with Gasteiger partial charge < -0.3 is 0 Å². The Balaban J connectivity index is 2.20. The molecule has 0 aliphatic rings. The fourth-order valence-corrected chi connectivity index (χ4v) is 2.52. The third-order valence-electron chi connectivity index (χ3n) is 2.37. The smallest absolute Gasteiger partial charge is 0.258 e. The minimum absolute atomic E-state index is 0.351. The molecule has 0 aromatic heterocycles. The number of rotatable bonds is 4. The third-order valence-corrected chi connectivity index (χ3v) is 3.49. The van der Waals surface area contributed by atoms with Crippen LogP contribution in [0.4, 0.5) is 10.1 Å². The number of halogens is 1. The van der Waals surface area contributed by atoms with Gasteiger partial charge in [-0.2, -0.15) is 4.39 Å². The van der Waals surface area contributed by atoms with Crippen molar-refractivity contribution in [3.63, 3.8) is 0 Å². The number of benzene rings is 2. The van der Waals surface area contributed by atoms with Gasteiger partial charge in [-0.05, 0) is 17.7 Å². The van der Waals surface area contributed by atoms with Crippen molar-refractivity contribution < 1.29 is 9.31 Å². The van der Waals surface area contributed by atoms with Crippen LogP contribution in [0.5, 0.6) is 0 Å². The van der Waals surface area contributed by atoms with Gasteiger partial charge in [0.05, 0.1) is 9.82 Å². The second kappa shape index (κ2) is 5.64. The van der Waals surface area contributed by atoms with Gasteiger partial charge in [-0.25, -0.2) is 0 Å². The van der Waals surface area contributed by atoms with Gasteiger partial charge in [-0.15, -0.1) is 11.8 Å². The van der Waals surface area contributed by atoms with Crippen molar-refractivity contribution in [2.45, 2.75) is 10.6 Å². The van der Waals surface area contributed by atoms with Gasteiger partial charge in [0.15, 0.2) is 0 Å². The molecule has 5 heteroatoms. The summed E-state index contributed by atoms with van der Waals surface area (Å²) in [4.78, 5) is 10.5. The van der Waals surface area contributed by atoms with Crippen LogP contribution in [0.3, 0.4) is 0 Å². The van der Waals surface area contributed by atoms with Crippen LogP contribution in [0.2, 0.25) is 0 Å². The number of nitrogens with zero attached hydrogens (tertiary/aromatic N) is 1. The highest BCUT2D eigenvalue weighted by Crippen LogP contribution is 2.33. The minimum atomic E-state index is -0.793. The van der Waals surface area contributed by atoms with E-state index in [1.54, 1.807) is 6.07 Å². The Hall–Kier alpha value is -1.88. The molecule has 18 heavy (non-hydrogen) atoms. The zero-order valence-corrected chi connectivity index (χ0v) is 10.2. The summed E-state index contributed by atoms with van der Waals surface area (Å²) in [5.41, 5.74) is 0.597. The first-order valence-corrected chi connectivity index (χ1v) is 6.26. The van der Waals surface area contributed by atoms with Gasteiger partial charge in [0.1, 0.15) is 0 Å². The molecule has 2 rings (SSSR count). The summed E-state index contributed by atoms with van der Waals surface area (Å²) in [6, 6.07) is 13.7. The predicted octanol–water partition coefficient (Wildman–Crippen LogP) is 4.03. The molecule has 0 saturated carbocycles. The molecule has 0 fully saturated rings. The summed E-state index contributed by atoms with van der Waals surface area (Å²) < 4.78 is 13.4. The summed E-state index contributed by atoms with van der Waals surface area (Å²) in [6.45, 7) is 0. The first kappa shape index (κ1) is 12.6. The molecule has 0 heterocycles. The average Bonchev–Trinajstić information content (AvgIpc) is 2.37. The van der Waals surface area contributed by atoms with Crippen molar-refractivity contribution in [2.75, 3.05) is 0 Å². The minimum Gasteiger partial charge on any atom is -0.258 e. The van der Waals surface area contributed by atoms with Crippen LogP contribution in [0.25, 0.3) is 0 Å². The highest BCUT2D eigenvalue weighted by molar-refractivity contribution is 7.98. The van der Waals surface area contributed by atoms with Crippen molar-refractivity contribution in [1.29, 1.82) is 0 Å². The molecule has 0 radical (unpaired) electrons. The Morgan fingerprint density at radius 1 is 1.11 bits per heavy atom. The number of nitro groups is 1. The SMILES string of the molecule is O=[N+]([O-])c1c(F)cccc1SCc1ccccc1. The van der Waals surface area contributed by atoms with E-state index in [0.29, 0.717) is 10.6 Å². The Morgan fingerprint density at radius 3 is 2.50 bits per heavy atom. The number of para-hydroxylation sites is 1. The van der Waals surface area contributed by atoms with Crippen LogP contribution in [0.1, 0.15) is 5.56 Å². The van der Waals surface area contributed by atoms with Crippen molar-refractivity contribution >= 4 is 17.4 Å². The molecule has 0 saturated heterocycles. The number of hydrogen-bond acceptors (Lipinski definition) is 3. The van der Waals surface area contributed by atoms with E-state index >= 15 is 0 Å². The highest BCUT2D eigenvalue weighted by Gasteiger charge is 2.19. The summed E-state index contributed by atoms with van der Waals surface area (Å²) in [7, 11) is 0. The average molecular weight is 263 g/mol. The standard InChI is InChI=1S/C13H10FNO2S/c14-11-7-4-8-12(13(11)15(16)17)18-9-10-5-2-1-3-6-10/h1-8H,9H2. The topological polar surface area (TPSA) is 43.1 Å². The molecule has 0 aliphatic carbocycles. The second-order valence-corrected chi connectivity index (χ2v) is 4.64. The normalized spacial score (nSPS) is 10.3. The van der Waals surface area contributed by atoms with Crippen LogP contribution in [-0.4, -0.2) is 4.92 Å². The Bertz CT molecular complexity index is 560. The fraction of sp³-hybridized carbons (Fsp3) is 0.0769. The predicted molar refractivity (Wildman–Crippen MR) is 69.1 cm³/mol. The molecule has 0 atom stereocenters. The van der Waals surface area contributed by atoms with Gasteiger partial charge in [-0.1, -0.05) is 36.4 Å². The second-order valence-electron chi connectivity index (χ2n) is 3.62. The van der Waals surface area contributed by atoms with E-state index in [0.717, 1.165) is 11.6 Å². The summed E-state index contributed by atoms with van der Waals surface area (Å²) in [6.07, 6.45) is 0. The molecule has 0 bridgehead atoms. The molecule has 2 aromatic carbocycles. The Labute approximate surface area is 108 Å². The maximum atomic E-state index is 13.4. The first-order valence-electron chi connectivity index (χ1n) is 5.28. The van der Waals surface area contributed by atoms with Crippen molar-refractivity contribution in [2.24, 2.45) is 0 Å². The van der Waals surface area contributed by atoms with Gasteiger partial charge in [0.2, 0.25) is 5.82 Å². The first-order chi connectivity index (χ1) is 8.68. The van der Waals surface area contributed by atoms with Crippen LogP contribution in [-0.2, 0) is 5.75 Å². The molecular weight excluding hydrogens is 253 g/mol. The van der Waals surface area contributed by atoms with E-state index in [1.165, 1.54) is 17.8 Å². The molecule has 92 valence electrons. The lowest BCUT2D eigenvalue weighted by atomic mass is 10.2. The summed E-state index contributed by atoms with van der Waals surface area (Å²) in [5.74, 6) is -0.219. The van der Waals surface area contributed by atoms with Gasteiger partial charge in [0, 0.05) is 5.75 Å². The monoisotopic (exact) mass is 263 g/mol. The van der Waals surface area contributed by atoms with E-state index < -0.39 is 16.4 Å². The van der Waals surface area contributed by atoms with Gasteiger partial charge in [-0.3, -0.25) is 10.1 Å². The van der Waals surface area contributed by atoms with Gasteiger partial charge >= 0.3 is 5.69 Å². The van der Waals surface area contributed by atoms with E-state index in [1.807, 2.05) is 30.3 Å². The van der Waals surface area contributed by atoms with Crippen LogP contribution in [0, 0.1) is 15.9 Å². The maximum absolute atomic E-state index is 13.4. The van der Waals surface area contributed by atoms with Gasteiger partial charge in [0.25, 0.3) is 0 Å². The van der Waals surface area contributed by atoms with E-state index in [-0.39, 0.29) is 0 Å². The number of thioether (sulfide) groups is 1. The van der Waals surface area contributed by atoms with Crippen LogP contribution >= 0.6 is 11.8 Å². The number of hydrogen-bond donors (Lipinski definition) is 0. The molecule has 0 unspecified atom stereocenters. The van der Waals surface area contributed by atoms with E-state index in [4.69, 9.17) is 0 Å².